The minimum atomic E-state index is -2.75. The normalized spacial score (nSPS) is 33.3. The van der Waals surface area contributed by atoms with Crippen LogP contribution in [0.5, 0.6) is 5.75 Å². The first kappa shape index (κ1) is 25.3. The summed E-state index contributed by atoms with van der Waals surface area (Å²) >= 11 is 0. The molecule has 1 amide bonds. The van der Waals surface area contributed by atoms with E-state index in [-0.39, 0.29) is 44.8 Å². The Morgan fingerprint density at radius 1 is 1.15 bits per heavy atom. The number of likely N-dealkylation sites (N-methyl/N-ethyl adjacent to an activating group) is 1. The molecule has 0 spiro atoms. The summed E-state index contributed by atoms with van der Waals surface area (Å²) in [6, 6.07) is 3.05. The van der Waals surface area contributed by atoms with Gasteiger partial charge in [0.15, 0.2) is 11.4 Å². The molecule has 11 heteroatoms. The monoisotopic (exact) mass is 654 g/mol. The van der Waals surface area contributed by atoms with E-state index in [2.05, 4.69) is 0 Å². The number of hydrogen-bond donors (Lipinski definition) is 6. The molecule has 7 N–H and O–H groups in total. The van der Waals surface area contributed by atoms with Crippen LogP contribution in [0.2, 0.25) is 0 Å². The molecule has 0 saturated carbocycles. The fourth-order valence-electron chi connectivity index (χ4n) is 5.51. The zero-order chi connectivity index (χ0) is 23.9. The fraction of sp³-hybridized carbons (Fsp3) is 0.409. The van der Waals surface area contributed by atoms with Crippen molar-refractivity contribution in [1.82, 2.24) is 4.90 Å². The van der Waals surface area contributed by atoms with Gasteiger partial charge in [-0.3, -0.25) is 19.3 Å². The minimum absolute atomic E-state index is 0. The van der Waals surface area contributed by atoms with Gasteiger partial charge in [0.25, 0.3) is 5.91 Å². The van der Waals surface area contributed by atoms with E-state index in [1.807, 2.05) is 0 Å². The average Bonchev–Trinajstić information content (AvgIpc) is 2.68. The van der Waals surface area contributed by atoms with E-state index in [4.69, 9.17) is 5.73 Å². The molecule has 0 heterocycles. The van der Waals surface area contributed by atoms with Gasteiger partial charge in [-0.1, -0.05) is 12.1 Å². The van der Waals surface area contributed by atoms with Crippen molar-refractivity contribution in [3.05, 3.63) is 52.0 Å². The molecule has 0 fully saturated rings. The maximum atomic E-state index is 13.3. The topological polar surface area (TPSA) is 182 Å². The first-order valence-corrected chi connectivity index (χ1v) is 9.97. The van der Waals surface area contributed by atoms with E-state index in [0.717, 1.165) is 0 Å². The van der Waals surface area contributed by atoms with E-state index in [1.54, 1.807) is 0 Å². The summed E-state index contributed by atoms with van der Waals surface area (Å²) < 4.78 is 0. The first-order valence-electron chi connectivity index (χ1n) is 9.97. The third-order valence-corrected chi connectivity index (χ3v) is 7.02. The quantitative estimate of drug-likeness (QED) is 0.170. The van der Waals surface area contributed by atoms with Crippen molar-refractivity contribution < 1.29 is 39.9 Å². The van der Waals surface area contributed by atoms with Crippen molar-refractivity contribution in [3.8, 4) is 5.75 Å². The van der Waals surface area contributed by atoms with Gasteiger partial charge in [-0.15, -0.1) is 0 Å². The van der Waals surface area contributed by atoms with E-state index in [9.17, 15) is 39.9 Å². The van der Waals surface area contributed by atoms with Gasteiger partial charge >= 0.3 is 27.3 Å². The molecule has 0 aliphatic heterocycles. The predicted octanol–water partition coefficient (Wildman–Crippen LogP) is -1.13. The number of aliphatic hydroxyl groups excluding tert-OH is 2. The van der Waals surface area contributed by atoms with E-state index >= 15 is 0 Å². The van der Waals surface area contributed by atoms with Crippen molar-refractivity contribution in [3.63, 3.8) is 0 Å². The number of primary amides is 1. The van der Waals surface area contributed by atoms with Crippen LogP contribution in [0.1, 0.15) is 29.3 Å². The standard InChI is InChI=1S/C22H24N2O8.Pb.2H/c1-21(31)8-5-4-6-11(25)12(8)16(26)13-9(21)7-10-15(24(2)3)17(27)14(20(23)30)19(29)22(10,32)18(13)28;;;/h4-6,9-10,15,25,27-28,31-32H,7H2,1-3H3,(H2,23,30);;;/t9-,10-,15-,21+,22-;;;/m0.../s1. The van der Waals surface area contributed by atoms with Gasteiger partial charge in [0.05, 0.1) is 17.2 Å². The molecule has 1 aromatic carbocycles. The van der Waals surface area contributed by atoms with E-state index in [0.29, 0.717) is 0 Å². The van der Waals surface area contributed by atoms with Crippen LogP contribution in [-0.4, -0.2) is 101 Å². The van der Waals surface area contributed by atoms with Crippen LogP contribution in [-0.2, 0) is 15.2 Å². The van der Waals surface area contributed by atoms with Crippen LogP contribution < -0.4 is 5.73 Å². The Hall–Kier alpha value is -2.29. The number of hydrogen-bond acceptors (Lipinski definition) is 9. The number of fused-ring (bicyclic) bond motifs is 3. The summed E-state index contributed by atoms with van der Waals surface area (Å²) in [4.78, 5) is 39.9. The van der Waals surface area contributed by atoms with Gasteiger partial charge in [0, 0.05) is 17.4 Å². The van der Waals surface area contributed by atoms with Crippen LogP contribution in [0.4, 0.5) is 0 Å². The van der Waals surface area contributed by atoms with Crippen molar-refractivity contribution in [2.24, 2.45) is 17.6 Å². The molecule has 3 aliphatic carbocycles. The van der Waals surface area contributed by atoms with E-state index in [1.165, 1.54) is 44.1 Å². The van der Waals surface area contributed by atoms with Crippen LogP contribution in [0.15, 0.2) is 40.9 Å². The first-order chi connectivity index (χ1) is 14.8. The van der Waals surface area contributed by atoms with Gasteiger partial charge in [0.1, 0.15) is 22.8 Å². The van der Waals surface area contributed by atoms with Crippen LogP contribution in [0.3, 0.4) is 0 Å². The Morgan fingerprint density at radius 3 is 2.30 bits per heavy atom. The number of phenols is 1. The van der Waals surface area contributed by atoms with Crippen LogP contribution in [0.25, 0.3) is 0 Å². The third-order valence-electron chi connectivity index (χ3n) is 7.02. The summed E-state index contributed by atoms with van der Waals surface area (Å²) in [5.41, 5.74) is -0.654. The SMILES string of the molecule is CN(C)[C@@H]1C(O)=C(C(N)=O)C(=O)[C@@]2(O)C(O)=C3C(=O)c4c(O)cccc4[C@@](C)(O)[C@H]3C[C@@H]12.[PbH2]. The number of rotatable bonds is 2. The van der Waals surface area contributed by atoms with Crippen molar-refractivity contribution >= 4 is 44.8 Å². The molecule has 0 aromatic heterocycles. The summed E-state index contributed by atoms with van der Waals surface area (Å²) in [5, 5.41) is 55.0. The Labute approximate surface area is 209 Å². The zero-order valence-corrected chi connectivity index (χ0v) is 23.9. The zero-order valence-electron chi connectivity index (χ0n) is 18.4. The van der Waals surface area contributed by atoms with Crippen LogP contribution in [0, 0.1) is 11.8 Å². The van der Waals surface area contributed by atoms with Gasteiger partial charge in [0.2, 0.25) is 5.78 Å². The number of carbonyl (C=O) groups is 3. The predicted molar refractivity (Wildman–Crippen MR) is 118 cm³/mol. The van der Waals surface area contributed by atoms with Crippen molar-refractivity contribution in [2.75, 3.05) is 14.1 Å². The molecule has 2 radical (unpaired) electrons. The number of benzene rings is 1. The number of ketones is 2. The molecule has 10 nitrogen and oxygen atoms in total. The molecule has 176 valence electrons. The molecular weight excluding hydrogens is 627 g/mol. The molecule has 0 bridgehead atoms. The molecular formula is C22H26N2O8Pb. The second kappa shape index (κ2) is 7.89. The van der Waals surface area contributed by atoms with E-state index < -0.39 is 75.0 Å². The number of phenolic OH excluding ortho intramolecular Hbond substituents is 1. The molecule has 5 atom stereocenters. The van der Waals surface area contributed by atoms with Gasteiger partial charge in [-0.25, -0.2) is 0 Å². The number of nitrogens with two attached hydrogens (primary N) is 1. The van der Waals surface area contributed by atoms with Crippen LogP contribution >= 0.6 is 0 Å². The second-order valence-electron chi connectivity index (χ2n) is 8.96. The number of aromatic hydroxyl groups is 1. The number of Topliss-reactive ketones (excluding diaryl/α,β-unsaturated/α-hetero) is 2. The Kier molecular flexibility index (Phi) is 6.06. The molecule has 0 unspecified atom stereocenters. The second-order valence-corrected chi connectivity index (χ2v) is 8.96. The fourth-order valence-corrected chi connectivity index (χ4v) is 5.51. The molecule has 1 aromatic rings. The van der Waals surface area contributed by atoms with Gasteiger partial charge in [-0.2, -0.15) is 0 Å². The van der Waals surface area contributed by atoms with Gasteiger partial charge < -0.3 is 31.3 Å². The molecule has 33 heavy (non-hydrogen) atoms. The average molecular weight is 654 g/mol. The van der Waals surface area contributed by atoms with Crippen molar-refractivity contribution in [2.45, 2.75) is 30.6 Å². The summed E-state index contributed by atoms with van der Waals surface area (Å²) in [6.45, 7) is 1.40. The summed E-state index contributed by atoms with van der Waals surface area (Å²) in [5.74, 6) is -7.89. The number of nitrogens with zero attached hydrogens (tertiary/aromatic N) is 1. The Morgan fingerprint density at radius 2 is 1.76 bits per heavy atom. The van der Waals surface area contributed by atoms with Gasteiger partial charge in [-0.05, 0) is 39.1 Å². The molecule has 0 saturated heterocycles. The Bertz CT molecular complexity index is 1160. The molecule has 3 aliphatic rings. The number of carbonyl (C=O) groups excluding carboxylic acids is 3. The number of amides is 1. The summed E-state index contributed by atoms with van der Waals surface area (Å²) in [6.07, 6.45) is -0.200. The molecule has 4 rings (SSSR count). The Balaban J connectivity index is 0.00000306. The third kappa shape index (κ3) is 3.11. The number of aliphatic hydroxyl groups is 4. The maximum absolute atomic E-state index is 13.3. The summed E-state index contributed by atoms with van der Waals surface area (Å²) in [7, 11) is 3.06. The van der Waals surface area contributed by atoms with Crippen molar-refractivity contribution in [1.29, 1.82) is 0 Å².